The van der Waals surface area contributed by atoms with E-state index in [1.165, 1.54) is 4.88 Å². The van der Waals surface area contributed by atoms with Crippen molar-refractivity contribution in [2.75, 3.05) is 19.6 Å². The number of aryl methyl sites for hydroxylation is 3. The molecule has 1 fully saturated rings. The third-order valence-electron chi connectivity index (χ3n) is 4.18. The minimum absolute atomic E-state index is 0.0537. The minimum atomic E-state index is -0.0537. The Labute approximate surface area is 136 Å². The van der Waals surface area contributed by atoms with Gasteiger partial charge in [-0.1, -0.05) is 0 Å². The van der Waals surface area contributed by atoms with Gasteiger partial charge in [0.15, 0.2) is 0 Å². The van der Waals surface area contributed by atoms with E-state index in [1.54, 1.807) is 23.2 Å². The van der Waals surface area contributed by atoms with Gasteiger partial charge in [0.2, 0.25) is 11.8 Å². The summed E-state index contributed by atoms with van der Waals surface area (Å²) in [7, 11) is 0. The number of likely N-dealkylation sites (tertiary alicyclic amines) is 1. The average molecular weight is 323 g/mol. The number of thiazole rings is 1. The smallest absolute Gasteiger partial charge is 0.224 e. The minimum Gasteiger partial charge on any atom is -0.356 e. The summed E-state index contributed by atoms with van der Waals surface area (Å²) in [5, 5.41) is 4.15. The molecule has 5 nitrogen and oxygen atoms in total. The van der Waals surface area contributed by atoms with Crippen LogP contribution >= 0.6 is 11.3 Å². The van der Waals surface area contributed by atoms with Gasteiger partial charge in [-0.3, -0.25) is 9.59 Å². The van der Waals surface area contributed by atoms with Crippen LogP contribution in [-0.4, -0.2) is 41.3 Å². The highest BCUT2D eigenvalue weighted by Gasteiger charge is 2.26. The van der Waals surface area contributed by atoms with Crippen LogP contribution in [0.5, 0.6) is 0 Å². The summed E-state index contributed by atoms with van der Waals surface area (Å²) < 4.78 is 0. The predicted molar refractivity (Wildman–Crippen MR) is 87.9 cm³/mol. The van der Waals surface area contributed by atoms with E-state index in [2.05, 4.69) is 17.2 Å². The Morgan fingerprint density at radius 1 is 1.41 bits per heavy atom. The van der Waals surface area contributed by atoms with Crippen molar-refractivity contribution in [1.29, 1.82) is 0 Å². The van der Waals surface area contributed by atoms with E-state index in [0.29, 0.717) is 13.1 Å². The number of nitrogens with zero attached hydrogens (tertiary/aromatic N) is 2. The molecule has 1 atom stereocenters. The Morgan fingerprint density at radius 2 is 2.18 bits per heavy atom. The summed E-state index contributed by atoms with van der Waals surface area (Å²) in [5.41, 5.74) is 1.11. The van der Waals surface area contributed by atoms with E-state index in [-0.39, 0.29) is 17.7 Å². The zero-order valence-corrected chi connectivity index (χ0v) is 14.5. The Morgan fingerprint density at radius 3 is 2.82 bits per heavy atom. The lowest BCUT2D eigenvalue weighted by Gasteiger charge is -2.31. The van der Waals surface area contributed by atoms with E-state index in [9.17, 15) is 9.59 Å². The Hall–Kier alpha value is -1.43. The van der Waals surface area contributed by atoms with Crippen LogP contribution in [0, 0.1) is 19.8 Å². The molecule has 1 N–H and O–H groups in total. The third-order valence-corrected chi connectivity index (χ3v) is 5.31. The molecule has 0 spiro atoms. The first-order chi connectivity index (χ1) is 10.5. The zero-order valence-electron chi connectivity index (χ0n) is 13.6. The van der Waals surface area contributed by atoms with Gasteiger partial charge in [-0.15, -0.1) is 11.3 Å². The maximum atomic E-state index is 12.2. The quantitative estimate of drug-likeness (QED) is 0.844. The molecule has 0 saturated carbocycles. The van der Waals surface area contributed by atoms with Gasteiger partial charge in [-0.2, -0.15) is 0 Å². The highest BCUT2D eigenvalue weighted by Crippen LogP contribution is 2.18. The van der Waals surface area contributed by atoms with E-state index >= 15 is 0 Å². The number of piperidine rings is 1. The van der Waals surface area contributed by atoms with Gasteiger partial charge in [-0.25, -0.2) is 4.98 Å². The van der Waals surface area contributed by atoms with Crippen LogP contribution in [-0.2, 0) is 16.0 Å². The van der Waals surface area contributed by atoms with Crippen LogP contribution in [0.4, 0.5) is 0 Å². The molecule has 1 aliphatic heterocycles. The van der Waals surface area contributed by atoms with Crippen molar-refractivity contribution in [3.05, 3.63) is 15.6 Å². The monoisotopic (exact) mass is 323 g/mol. The summed E-state index contributed by atoms with van der Waals surface area (Å²) in [6, 6.07) is 0. The molecule has 1 saturated heterocycles. The SMILES string of the molecule is CC(=O)N1CCC[C@H](C(=O)NCCCc2nc(C)c(C)s2)C1. The second-order valence-corrected chi connectivity index (χ2v) is 7.24. The summed E-state index contributed by atoms with van der Waals surface area (Å²) in [4.78, 5) is 31.1. The van der Waals surface area contributed by atoms with Crippen molar-refractivity contribution in [2.24, 2.45) is 5.92 Å². The molecule has 122 valence electrons. The number of carbonyl (C=O) groups excluding carboxylic acids is 2. The molecule has 0 bridgehead atoms. The number of hydrogen-bond acceptors (Lipinski definition) is 4. The molecular formula is C16H25N3O2S. The molecule has 0 aliphatic carbocycles. The molecule has 1 aromatic rings. The van der Waals surface area contributed by atoms with Gasteiger partial charge in [0.05, 0.1) is 16.6 Å². The fourth-order valence-corrected chi connectivity index (χ4v) is 3.69. The molecule has 22 heavy (non-hydrogen) atoms. The standard InChI is InChI=1S/C16H25N3O2S/c1-11-12(2)22-15(18-11)7-4-8-17-16(21)14-6-5-9-19(10-14)13(3)20/h14H,4-10H2,1-3H3,(H,17,21)/t14-/m0/s1. The summed E-state index contributed by atoms with van der Waals surface area (Å²) in [5.74, 6) is 0.0893. The Bertz CT molecular complexity index is 522. The number of amides is 2. The molecule has 2 rings (SSSR count). The lowest BCUT2D eigenvalue weighted by atomic mass is 9.97. The van der Waals surface area contributed by atoms with Gasteiger partial charge in [0.25, 0.3) is 0 Å². The van der Waals surface area contributed by atoms with E-state index in [4.69, 9.17) is 0 Å². The Kier molecular flexibility index (Phi) is 5.94. The molecule has 2 amide bonds. The predicted octanol–water partition coefficient (Wildman–Crippen LogP) is 2.07. The van der Waals surface area contributed by atoms with E-state index in [0.717, 1.165) is 42.9 Å². The van der Waals surface area contributed by atoms with Crippen LogP contribution < -0.4 is 5.32 Å². The molecule has 1 aliphatic rings. The van der Waals surface area contributed by atoms with E-state index < -0.39 is 0 Å². The molecule has 0 radical (unpaired) electrons. The maximum Gasteiger partial charge on any atom is 0.224 e. The second-order valence-electron chi connectivity index (χ2n) is 5.95. The first-order valence-electron chi connectivity index (χ1n) is 7.93. The second kappa shape index (κ2) is 7.72. The summed E-state index contributed by atoms with van der Waals surface area (Å²) >= 11 is 1.74. The van der Waals surface area contributed by atoms with Crippen molar-refractivity contribution in [1.82, 2.24) is 15.2 Å². The Balaban J connectivity index is 1.70. The van der Waals surface area contributed by atoms with Crippen molar-refractivity contribution in [2.45, 2.75) is 46.5 Å². The van der Waals surface area contributed by atoms with Gasteiger partial charge in [0, 0.05) is 37.9 Å². The molecule has 2 heterocycles. The molecular weight excluding hydrogens is 298 g/mol. The van der Waals surface area contributed by atoms with Gasteiger partial charge >= 0.3 is 0 Å². The van der Waals surface area contributed by atoms with Gasteiger partial charge in [-0.05, 0) is 33.1 Å². The van der Waals surface area contributed by atoms with Crippen LogP contribution in [0.15, 0.2) is 0 Å². The molecule has 6 heteroatoms. The zero-order chi connectivity index (χ0) is 16.1. The van der Waals surface area contributed by atoms with Gasteiger partial charge < -0.3 is 10.2 Å². The molecule has 1 aromatic heterocycles. The number of hydrogen-bond donors (Lipinski definition) is 1. The van der Waals surface area contributed by atoms with Gasteiger partial charge in [0.1, 0.15) is 0 Å². The average Bonchev–Trinajstić information content (AvgIpc) is 2.82. The normalized spacial score (nSPS) is 18.3. The van der Waals surface area contributed by atoms with Crippen molar-refractivity contribution in [3.63, 3.8) is 0 Å². The number of rotatable bonds is 5. The van der Waals surface area contributed by atoms with Crippen LogP contribution in [0.25, 0.3) is 0 Å². The van der Waals surface area contributed by atoms with Crippen molar-refractivity contribution < 1.29 is 9.59 Å². The lowest BCUT2D eigenvalue weighted by molar-refractivity contribution is -0.133. The summed E-state index contributed by atoms with van der Waals surface area (Å²) in [6.45, 7) is 7.70. The van der Waals surface area contributed by atoms with Crippen LogP contribution in [0.1, 0.15) is 41.8 Å². The fraction of sp³-hybridized carbons (Fsp3) is 0.688. The fourth-order valence-electron chi connectivity index (χ4n) is 2.72. The first-order valence-corrected chi connectivity index (χ1v) is 8.75. The highest BCUT2D eigenvalue weighted by atomic mass is 32.1. The van der Waals surface area contributed by atoms with E-state index in [1.807, 2.05) is 6.92 Å². The summed E-state index contributed by atoms with van der Waals surface area (Å²) in [6.07, 6.45) is 3.60. The lowest BCUT2D eigenvalue weighted by Crippen LogP contribution is -2.44. The van der Waals surface area contributed by atoms with Crippen LogP contribution in [0.3, 0.4) is 0 Å². The maximum absolute atomic E-state index is 12.2. The first kappa shape index (κ1) is 16.9. The molecule has 0 aromatic carbocycles. The molecule has 0 unspecified atom stereocenters. The number of carbonyl (C=O) groups is 2. The van der Waals surface area contributed by atoms with Crippen LogP contribution in [0.2, 0.25) is 0 Å². The van der Waals surface area contributed by atoms with Crippen molar-refractivity contribution >= 4 is 23.2 Å². The number of aromatic nitrogens is 1. The van der Waals surface area contributed by atoms with Crippen molar-refractivity contribution in [3.8, 4) is 0 Å². The number of nitrogens with one attached hydrogen (secondary N) is 1. The highest BCUT2D eigenvalue weighted by molar-refractivity contribution is 7.11. The topological polar surface area (TPSA) is 62.3 Å². The largest absolute Gasteiger partial charge is 0.356 e. The third kappa shape index (κ3) is 4.53.